The van der Waals surface area contributed by atoms with Crippen molar-refractivity contribution in [2.75, 3.05) is 18.5 Å². The second-order valence-electron chi connectivity index (χ2n) is 12.4. The maximum Gasteiger partial charge on any atom is 0.179 e. The molecule has 8 heteroatoms. The van der Waals surface area contributed by atoms with Crippen molar-refractivity contribution in [1.82, 2.24) is 14.9 Å². The van der Waals surface area contributed by atoms with Crippen molar-refractivity contribution >= 4 is 5.69 Å². The average molecular weight is 553 g/mol. The van der Waals surface area contributed by atoms with Gasteiger partial charge in [0.15, 0.2) is 17.4 Å². The molecule has 40 heavy (non-hydrogen) atoms. The van der Waals surface area contributed by atoms with Crippen molar-refractivity contribution in [3.63, 3.8) is 0 Å². The highest BCUT2D eigenvalue weighted by molar-refractivity contribution is 5.72. The molecule has 3 heterocycles. The molecule has 2 aromatic carbocycles. The molecule has 2 atom stereocenters. The maximum absolute atomic E-state index is 15.3. The topological polar surface area (TPSA) is 41.5 Å². The first-order valence-electron chi connectivity index (χ1n) is 14.1. The van der Waals surface area contributed by atoms with Crippen molar-refractivity contribution in [3.8, 4) is 17.0 Å². The number of hydrogen-bond acceptors (Lipinski definition) is 5. The van der Waals surface area contributed by atoms with Crippen molar-refractivity contribution in [1.29, 1.82) is 0 Å². The number of ether oxygens (including phenoxy) is 1. The lowest BCUT2D eigenvalue weighted by Crippen LogP contribution is -2.49. The van der Waals surface area contributed by atoms with Crippen molar-refractivity contribution in [2.24, 2.45) is 0 Å². The van der Waals surface area contributed by atoms with Gasteiger partial charge >= 0.3 is 0 Å². The first-order valence-corrected chi connectivity index (χ1v) is 14.1. The van der Waals surface area contributed by atoms with E-state index in [2.05, 4.69) is 40.7 Å². The predicted molar refractivity (Wildman–Crippen MR) is 152 cm³/mol. The first-order chi connectivity index (χ1) is 18.8. The number of rotatable bonds is 5. The lowest BCUT2D eigenvalue weighted by molar-refractivity contribution is 0.0967. The standard InChI is InChI=1S/C32H39F3N4O/c1-18(2)39-17-32(5,6)40-31-26(34)14-23(15-28(31)39)30-27(35)16-36-29(37-30)13-21-8-9-24(25(33)12-21)22-10-19(3)38(7)20(4)11-22/h8-9,12,14-16,18-20,22H,10-11,13,17H2,1-7H3. The van der Waals surface area contributed by atoms with Crippen LogP contribution in [0.15, 0.2) is 36.5 Å². The van der Waals surface area contributed by atoms with Crippen LogP contribution < -0.4 is 9.64 Å². The Bertz CT molecular complexity index is 1400. The molecule has 0 spiro atoms. The SMILES string of the molecule is CC(C)N1CC(C)(C)Oc2c(F)cc(-c3nc(Cc4ccc(C5CC(C)N(C)C(C)C5)c(F)c4)ncc3F)cc21. The van der Waals surface area contributed by atoms with Gasteiger partial charge in [0, 0.05) is 30.1 Å². The summed E-state index contributed by atoms with van der Waals surface area (Å²) < 4.78 is 51.6. The number of aromatic nitrogens is 2. The number of hydrogen-bond donors (Lipinski definition) is 0. The fourth-order valence-corrected chi connectivity index (χ4v) is 6.12. The van der Waals surface area contributed by atoms with Crippen LogP contribution in [-0.4, -0.2) is 52.2 Å². The van der Waals surface area contributed by atoms with E-state index >= 15 is 8.78 Å². The summed E-state index contributed by atoms with van der Waals surface area (Å²) >= 11 is 0. The van der Waals surface area contributed by atoms with Crippen LogP contribution in [0.1, 0.15) is 77.3 Å². The van der Waals surface area contributed by atoms with Gasteiger partial charge in [-0.15, -0.1) is 0 Å². The Kier molecular flexibility index (Phi) is 7.59. The lowest BCUT2D eigenvalue weighted by atomic mass is 9.82. The lowest BCUT2D eigenvalue weighted by Gasteiger charge is -2.43. The minimum atomic E-state index is -0.650. The highest BCUT2D eigenvalue weighted by Gasteiger charge is 2.35. The van der Waals surface area contributed by atoms with E-state index in [1.54, 1.807) is 6.07 Å². The van der Waals surface area contributed by atoms with Crippen LogP contribution in [0.4, 0.5) is 18.9 Å². The molecule has 3 aromatic rings. The van der Waals surface area contributed by atoms with Crippen molar-refractivity contribution < 1.29 is 17.9 Å². The summed E-state index contributed by atoms with van der Waals surface area (Å²) in [7, 11) is 2.12. The number of anilines is 1. The fraction of sp³-hybridized carbons (Fsp3) is 0.500. The summed E-state index contributed by atoms with van der Waals surface area (Å²) in [5.74, 6) is -0.789. The Morgan fingerprint density at radius 2 is 1.70 bits per heavy atom. The van der Waals surface area contributed by atoms with Gasteiger partial charge in [0.05, 0.1) is 18.4 Å². The van der Waals surface area contributed by atoms with Gasteiger partial charge in [-0.25, -0.2) is 23.1 Å². The quantitative estimate of drug-likeness (QED) is 0.337. The minimum absolute atomic E-state index is 0.00614. The Hall–Kier alpha value is -3.13. The summed E-state index contributed by atoms with van der Waals surface area (Å²) in [4.78, 5) is 13.0. The zero-order chi connectivity index (χ0) is 28.9. The normalized spacial score (nSPS) is 22.8. The monoisotopic (exact) mass is 552 g/mol. The highest BCUT2D eigenvalue weighted by Crippen LogP contribution is 2.43. The average Bonchev–Trinajstić information content (AvgIpc) is 2.88. The molecule has 1 saturated heterocycles. The Labute approximate surface area is 235 Å². The number of piperidine rings is 1. The van der Waals surface area contributed by atoms with Gasteiger partial charge in [-0.2, -0.15) is 0 Å². The molecule has 2 aliphatic rings. The molecular formula is C32H39F3N4O. The van der Waals surface area contributed by atoms with E-state index in [0.29, 0.717) is 41.3 Å². The summed E-state index contributed by atoms with van der Waals surface area (Å²) in [6, 6.07) is 9.14. The number of likely N-dealkylation sites (tertiary alicyclic amines) is 1. The molecule has 0 amide bonds. The molecule has 2 unspecified atom stereocenters. The third-order valence-electron chi connectivity index (χ3n) is 8.46. The van der Waals surface area contributed by atoms with Gasteiger partial charge in [0.25, 0.3) is 0 Å². The van der Waals surface area contributed by atoms with Crippen molar-refractivity contribution in [2.45, 2.75) is 90.4 Å². The fourth-order valence-electron chi connectivity index (χ4n) is 6.12. The molecule has 0 aliphatic carbocycles. The van der Waals surface area contributed by atoms with E-state index in [4.69, 9.17) is 4.74 Å². The van der Waals surface area contributed by atoms with Gasteiger partial charge in [-0.1, -0.05) is 12.1 Å². The molecule has 1 aromatic heterocycles. The third-order valence-corrected chi connectivity index (χ3v) is 8.46. The van der Waals surface area contributed by atoms with Crippen LogP contribution in [0.3, 0.4) is 0 Å². The van der Waals surface area contributed by atoms with Crippen LogP contribution in [0.2, 0.25) is 0 Å². The van der Waals surface area contributed by atoms with E-state index in [0.717, 1.165) is 24.6 Å². The largest absolute Gasteiger partial charge is 0.481 e. The number of nitrogens with zero attached hydrogens (tertiary/aromatic N) is 4. The third kappa shape index (κ3) is 5.55. The molecule has 5 rings (SSSR count). The summed E-state index contributed by atoms with van der Waals surface area (Å²) in [5.41, 5.74) is 1.75. The zero-order valence-electron chi connectivity index (χ0n) is 24.4. The van der Waals surface area contributed by atoms with E-state index in [9.17, 15) is 4.39 Å². The Morgan fingerprint density at radius 3 is 2.35 bits per heavy atom. The number of halogens is 3. The predicted octanol–water partition coefficient (Wildman–Crippen LogP) is 7.12. The molecule has 214 valence electrons. The zero-order valence-corrected chi connectivity index (χ0v) is 24.4. The van der Waals surface area contributed by atoms with Gasteiger partial charge in [-0.05, 0) is 96.7 Å². The van der Waals surface area contributed by atoms with Crippen LogP contribution >= 0.6 is 0 Å². The van der Waals surface area contributed by atoms with Gasteiger partial charge in [-0.3, -0.25) is 0 Å². The summed E-state index contributed by atoms with van der Waals surface area (Å²) in [5, 5.41) is 0. The maximum atomic E-state index is 15.3. The first kappa shape index (κ1) is 28.4. The van der Waals surface area contributed by atoms with Gasteiger partial charge in [0.2, 0.25) is 0 Å². The smallest absolute Gasteiger partial charge is 0.179 e. The molecular weight excluding hydrogens is 513 g/mol. The summed E-state index contributed by atoms with van der Waals surface area (Å²) in [6.07, 6.45) is 3.15. The van der Waals surface area contributed by atoms with E-state index in [-0.39, 0.29) is 35.6 Å². The molecule has 0 saturated carbocycles. The summed E-state index contributed by atoms with van der Waals surface area (Å²) in [6.45, 7) is 12.8. The highest BCUT2D eigenvalue weighted by atomic mass is 19.1. The minimum Gasteiger partial charge on any atom is -0.481 e. The van der Waals surface area contributed by atoms with Crippen LogP contribution in [0.5, 0.6) is 5.75 Å². The molecule has 0 radical (unpaired) electrons. The van der Waals surface area contributed by atoms with E-state index < -0.39 is 17.2 Å². The molecule has 1 fully saturated rings. The van der Waals surface area contributed by atoms with Gasteiger partial charge < -0.3 is 14.5 Å². The van der Waals surface area contributed by atoms with E-state index in [1.165, 1.54) is 12.1 Å². The second-order valence-corrected chi connectivity index (χ2v) is 12.4. The van der Waals surface area contributed by atoms with Crippen molar-refractivity contribution in [3.05, 3.63) is 70.9 Å². The molecule has 0 bridgehead atoms. The number of fused-ring (bicyclic) bond motifs is 1. The Morgan fingerprint density at radius 1 is 1.00 bits per heavy atom. The van der Waals surface area contributed by atoms with Crippen LogP contribution in [0.25, 0.3) is 11.3 Å². The Balaban J connectivity index is 1.42. The van der Waals surface area contributed by atoms with E-state index in [1.807, 2.05) is 39.8 Å². The number of benzene rings is 2. The molecule has 5 nitrogen and oxygen atoms in total. The van der Waals surface area contributed by atoms with Gasteiger partial charge in [0.1, 0.15) is 22.9 Å². The molecule has 2 aliphatic heterocycles. The van der Waals surface area contributed by atoms with Crippen LogP contribution in [-0.2, 0) is 6.42 Å². The molecule has 0 N–H and O–H groups in total. The second kappa shape index (κ2) is 10.7. The van der Waals surface area contributed by atoms with Crippen LogP contribution in [0, 0.1) is 17.5 Å².